The van der Waals surface area contributed by atoms with Crippen molar-refractivity contribution in [2.24, 2.45) is 11.8 Å². The van der Waals surface area contributed by atoms with Gasteiger partial charge < -0.3 is 10.3 Å². The Morgan fingerprint density at radius 1 is 0.923 bits per heavy atom. The van der Waals surface area contributed by atoms with Gasteiger partial charge in [0.1, 0.15) is 5.82 Å². The van der Waals surface area contributed by atoms with E-state index in [9.17, 15) is 4.79 Å². The minimum absolute atomic E-state index is 0.0550. The predicted octanol–water partition coefficient (Wildman–Crippen LogP) is 5.04. The van der Waals surface area contributed by atoms with Gasteiger partial charge in [0.05, 0.1) is 23.4 Å². The van der Waals surface area contributed by atoms with Gasteiger partial charge in [-0.05, 0) is 79.3 Å². The predicted molar refractivity (Wildman–Crippen MR) is 149 cm³/mol. The van der Waals surface area contributed by atoms with Crippen LogP contribution in [0.3, 0.4) is 0 Å². The van der Waals surface area contributed by atoms with E-state index < -0.39 is 0 Å². The number of aromatic amines is 1. The second kappa shape index (κ2) is 10.5. The number of hydrazine groups is 1. The molecule has 4 N–H and O–H groups in total. The number of anilines is 1. The SMILES string of the molecule is O=C(Nc1cncc(C2CCC3NNC(c4nc5nccc(-c6ccncc6)c5[nH]4)C3C2)c1)C1CCCCC1. The van der Waals surface area contributed by atoms with Crippen molar-refractivity contribution in [3.8, 4) is 11.1 Å². The smallest absolute Gasteiger partial charge is 0.227 e. The van der Waals surface area contributed by atoms with Crippen molar-refractivity contribution in [2.75, 3.05) is 5.32 Å². The van der Waals surface area contributed by atoms with Crippen LogP contribution in [0.1, 0.15) is 74.7 Å². The summed E-state index contributed by atoms with van der Waals surface area (Å²) < 4.78 is 0. The molecule has 3 fully saturated rings. The third-order valence-corrected chi connectivity index (χ3v) is 8.92. The summed E-state index contributed by atoms with van der Waals surface area (Å²) in [5, 5.41) is 3.15. The number of hydrogen-bond acceptors (Lipinski definition) is 7. The number of carbonyl (C=O) groups is 1. The third-order valence-electron chi connectivity index (χ3n) is 8.92. The van der Waals surface area contributed by atoms with Crippen LogP contribution in [0.15, 0.2) is 55.2 Å². The summed E-state index contributed by atoms with van der Waals surface area (Å²) in [4.78, 5) is 34.5. The molecule has 4 aromatic heterocycles. The van der Waals surface area contributed by atoms with E-state index in [0.29, 0.717) is 17.9 Å². The second-order valence-electron chi connectivity index (χ2n) is 11.3. The Morgan fingerprint density at radius 2 is 1.79 bits per heavy atom. The standard InChI is InChI=1S/C30H34N8O/c39-30(19-4-2-1-3-5-19)34-22-14-21(16-32-17-22)20-6-7-25-24(15-20)27(38-37-25)29-35-26-23(10-13-33-28(26)36-29)18-8-11-31-12-9-18/h8-14,16-17,19-20,24-25,27,37-38H,1-7,15H2,(H,34,39)(H,33,35,36). The van der Waals surface area contributed by atoms with Gasteiger partial charge in [-0.15, -0.1) is 0 Å². The molecule has 0 spiro atoms. The molecule has 3 aliphatic rings. The van der Waals surface area contributed by atoms with E-state index >= 15 is 0 Å². The number of fused-ring (bicyclic) bond motifs is 2. The van der Waals surface area contributed by atoms with E-state index in [4.69, 9.17) is 4.98 Å². The average molecular weight is 523 g/mol. The van der Waals surface area contributed by atoms with Gasteiger partial charge in [0, 0.05) is 42.3 Å². The van der Waals surface area contributed by atoms with Crippen molar-refractivity contribution in [3.05, 3.63) is 66.6 Å². The van der Waals surface area contributed by atoms with Crippen LogP contribution in [0.5, 0.6) is 0 Å². The van der Waals surface area contributed by atoms with E-state index in [0.717, 1.165) is 78.7 Å². The molecule has 1 aliphatic heterocycles. The van der Waals surface area contributed by atoms with Crippen molar-refractivity contribution in [1.82, 2.24) is 35.8 Å². The van der Waals surface area contributed by atoms with Crippen molar-refractivity contribution in [1.29, 1.82) is 0 Å². The number of H-pyrrole nitrogens is 1. The number of hydrogen-bond donors (Lipinski definition) is 4. The molecule has 0 aromatic carbocycles. The first-order valence-electron chi connectivity index (χ1n) is 14.2. The molecule has 1 saturated heterocycles. The van der Waals surface area contributed by atoms with Gasteiger partial charge in [0.2, 0.25) is 5.91 Å². The highest BCUT2D eigenvalue weighted by molar-refractivity contribution is 5.92. The van der Waals surface area contributed by atoms with Crippen LogP contribution in [0.4, 0.5) is 5.69 Å². The molecule has 5 heterocycles. The summed E-state index contributed by atoms with van der Waals surface area (Å²) in [6.07, 6.45) is 17.9. The summed E-state index contributed by atoms with van der Waals surface area (Å²) in [5.74, 6) is 1.93. The minimum atomic E-state index is 0.0550. The lowest BCUT2D eigenvalue weighted by Gasteiger charge is -2.33. The zero-order chi connectivity index (χ0) is 26.2. The third kappa shape index (κ3) is 4.81. The molecule has 4 atom stereocenters. The van der Waals surface area contributed by atoms with E-state index in [1.165, 1.54) is 12.0 Å². The van der Waals surface area contributed by atoms with E-state index in [2.05, 4.69) is 42.2 Å². The molecule has 2 saturated carbocycles. The molecule has 4 unspecified atom stereocenters. The maximum Gasteiger partial charge on any atom is 0.227 e. The van der Waals surface area contributed by atoms with E-state index in [-0.39, 0.29) is 17.9 Å². The number of pyridine rings is 3. The van der Waals surface area contributed by atoms with E-state index in [1.807, 2.05) is 30.6 Å². The highest BCUT2D eigenvalue weighted by Crippen LogP contribution is 2.44. The van der Waals surface area contributed by atoms with Crippen LogP contribution >= 0.6 is 0 Å². The van der Waals surface area contributed by atoms with Crippen molar-refractivity contribution >= 4 is 22.8 Å². The lowest BCUT2D eigenvalue weighted by atomic mass is 9.73. The zero-order valence-electron chi connectivity index (χ0n) is 21.9. The number of aromatic nitrogens is 5. The Morgan fingerprint density at radius 3 is 2.67 bits per heavy atom. The molecule has 2 aliphatic carbocycles. The first kappa shape index (κ1) is 24.4. The molecule has 200 valence electrons. The maximum atomic E-state index is 12.8. The molecule has 9 nitrogen and oxygen atoms in total. The summed E-state index contributed by atoms with van der Waals surface area (Å²) in [7, 11) is 0. The lowest BCUT2D eigenvalue weighted by molar-refractivity contribution is -0.120. The van der Waals surface area contributed by atoms with Gasteiger partial charge >= 0.3 is 0 Å². The Bertz CT molecular complexity index is 1460. The molecular formula is C30H34N8O. The molecule has 39 heavy (non-hydrogen) atoms. The van der Waals surface area contributed by atoms with Crippen LogP contribution in [-0.2, 0) is 4.79 Å². The zero-order valence-corrected chi connectivity index (χ0v) is 21.9. The Labute approximate surface area is 227 Å². The van der Waals surface area contributed by atoms with Gasteiger partial charge in [0.25, 0.3) is 0 Å². The number of nitrogens with one attached hydrogen (secondary N) is 4. The fourth-order valence-corrected chi connectivity index (χ4v) is 6.84. The molecular weight excluding hydrogens is 488 g/mol. The Balaban J connectivity index is 1.10. The highest BCUT2D eigenvalue weighted by Gasteiger charge is 2.42. The first-order valence-corrected chi connectivity index (χ1v) is 14.2. The van der Waals surface area contributed by atoms with Crippen molar-refractivity contribution in [3.63, 3.8) is 0 Å². The van der Waals surface area contributed by atoms with Crippen molar-refractivity contribution in [2.45, 2.75) is 69.4 Å². The molecule has 0 radical (unpaired) electrons. The monoisotopic (exact) mass is 522 g/mol. The summed E-state index contributed by atoms with van der Waals surface area (Å²) in [6, 6.07) is 8.61. The second-order valence-corrected chi connectivity index (χ2v) is 11.3. The van der Waals surface area contributed by atoms with Gasteiger partial charge in [0.15, 0.2) is 5.65 Å². The first-order chi connectivity index (χ1) is 19.2. The quantitative estimate of drug-likeness (QED) is 0.290. The van der Waals surface area contributed by atoms with Crippen LogP contribution in [-0.4, -0.2) is 36.9 Å². The Kier molecular flexibility index (Phi) is 6.54. The highest BCUT2D eigenvalue weighted by atomic mass is 16.1. The number of rotatable bonds is 5. The largest absolute Gasteiger partial charge is 0.339 e. The summed E-state index contributed by atoms with van der Waals surface area (Å²) in [6.45, 7) is 0. The lowest BCUT2D eigenvalue weighted by Crippen LogP contribution is -2.34. The summed E-state index contributed by atoms with van der Waals surface area (Å²) >= 11 is 0. The number of carbonyl (C=O) groups excluding carboxylic acids is 1. The molecule has 0 bridgehead atoms. The molecule has 4 aromatic rings. The van der Waals surface area contributed by atoms with Gasteiger partial charge in [-0.25, -0.2) is 15.4 Å². The molecule has 7 rings (SSSR count). The fourth-order valence-electron chi connectivity index (χ4n) is 6.84. The fraction of sp³-hybridized carbons (Fsp3) is 0.433. The van der Waals surface area contributed by atoms with Gasteiger partial charge in [-0.1, -0.05) is 19.3 Å². The number of nitrogens with zero attached hydrogens (tertiary/aromatic N) is 4. The maximum absolute atomic E-state index is 12.8. The van der Waals surface area contributed by atoms with Crippen LogP contribution in [0.2, 0.25) is 0 Å². The van der Waals surface area contributed by atoms with Crippen LogP contribution in [0, 0.1) is 11.8 Å². The van der Waals surface area contributed by atoms with Crippen molar-refractivity contribution < 1.29 is 4.79 Å². The topological polar surface area (TPSA) is 121 Å². The van der Waals surface area contributed by atoms with E-state index in [1.54, 1.807) is 18.6 Å². The van der Waals surface area contributed by atoms with Crippen LogP contribution in [0.25, 0.3) is 22.3 Å². The normalized spacial score (nSPS) is 25.4. The Hall–Kier alpha value is -3.69. The summed E-state index contributed by atoms with van der Waals surface area (Å²) in [5.41, 5.74) is 12.9. The van der Waals surface area contributed by atoms with Gasteiger partial charge in [-0.3, -0.25) is 20.2 Å². The molecule has 1 amide bonds. The number of amides is 1. The average Bonchev–Trinajstić information content (AvgIpc) is 3.62. The van der Waals surface area contributed by atoms with Crippen LogP contribution < -0.4 is 16.2 Å². The van der Waals surface area contributed by atoms with Gasteiger partial charge in [-0.2, -0.15) is 0 Å². The minimum Gasteiger partial charge on any atom is -0.339 e. The number of imidazole rings is 1. The molecule has 9 heteroatoms.